The lowest BCUT2D eigenvalue weighted by molar-refractivity contribution is -0.137. The Kier molecular flexibility index (Phi) is 4.98. The number of carbonyl (C=O) groups excluding carboxylic acids is 1. The van der Waals surface area contributed by atoms with Gasteiger partial charge >= 0.3 is 0 Å². The van der Waals surface area contributed by atoms with Crippen LogP contribution in [-0.4, -0.2) is 65.2 Å². The van der Waals surface area contributed by atoms with E-state index >= 15 is 0 Å². The molecule has 0 radical (unpaired) electrons. The van der Waals surface area contributed by atoms with Crippen molar-refractivity contribution in [1.29, 1.82) is 0 Å². The molecule has 1 unspecified atom stereocenters. The van der Waals surface area contributed by atoms with Gasteiger partial charge in [0.2, 0.25) is 5.91 Å². The van der Waals surface area contributed by atoms with Gasteiger partial charge in [0, 0.05) is 32.7 Å². The molecule has 1 atom stereocenters. The molecule has 0 aliphatic carbocycles. The molecule has 0 spiro atoms. The zero-order valence-corrected chi connectivity index (χ0v) is 12.9. The molecule has 19 heavy (non-hydrogen) atoms. The molecule has 112 valence electrons. The normalized spacial score (nSPS) is 20.5. The fraction of sp³-hybridized carbons (Fsp3) is 0.929. The van der Waals surface area contributed by atoms with Crippen molar-refractivity contribution in [3.63, 3.8) is 0 Å². The lowest BCUT2D eigenvalue weighted by atomic mass is 9.86. The Morgan fingerprint density at radius 2 is 1.63 bits per heavy atom. The zero-order valence-electron chi connectivity index (χ0n) is 12.9. The number of hydrogen-bond acceptors (Lipinski definition) is 4. The third-order valence-corrected chi connectivity index (χ3v) is 3.49. The summed E-state index contributed by atoms with van der Waals surface area (Å²) in [4.78, 5) is 16.3. The van der Waals surface area contributed by atoms with Crippen LogP contribution in [0.2, 0.25) is 0 Å². The van der Waals surface area contributed by atoms with Crippen molar-refractivity contribution in [2.45, 2.75) is 46.3 Å². The van der Waals surface area contributed by atoms with E-state index in [9.17, 15) is 9.90 Å². The summed E-state index contributed by atoms with van der Waals surface area (Å²) in [5.41, 5.74) is 5.12. The average molecular weight is 271 g/mol. The van der Waals surface area contributed by atoms with Crippen molar-refractivity contribution >= 4 is 5.91 Å². The molecule has 5 heteroatoms. The van der Waals surface area contributed by atoms with Gasteiger partial charge < -0.3 is 15.7 Å². The van der Waals surface area contributed by atoms with Crippen LogP contribution in [0.3, 0.4) is 0 Å². The summed E-state index contributed by atoms with van der Waals surface area (Å²) in [6, 6.07) is -0.451. The average Bonchev–Trinajstić information content (AvgIpc) is 2.24. The Bertz CT molecular complexity index is 310. The highest BCUT2D eigenvalue weighted by molar-refractivity contribution is 5.82. The molecule has 0 aromatic carbocycles. The molecule has 1 aliphatic rings. The summed E-state index contributed by atoms with van der Waals surface area (Å²) in [6.45, 7) is 13.2. The Hall–Kier alpha value is -0.650. The van der Waals surface area contributed by atoms with Crippen LogP contribution in [0.5, 0.6) is 0 Å². The molecule has 1 heterocycles. The molecule has 1 rings (SSSR count). The van der Waals surface area contributed by atoms with E-state index in [1.807, 2.05) is 25.7 Å². The number of aliphatic hydroxyl groups is 1. The number of nitrogens with zero attached hydrogens (tertiary/aromatic N) is 2. The van der Waals surface area contributed by atoms with Crippen LogP contribution in [-0.2, 0) is 4.79 Å². The van der Waals surface area contributed by atoms with E-state index in [-0.39, 0.29) is 11.3 Å². The topological polar surface area (TPSA) is 69.8 Å². The van der Waals surface area contributed by atoms with Crippen LogP contribution in [0.1, 0.15) is 34.6 Å². The third-order valence-electron chi connectivity index (χ3n) is 3.49. The summed E-state index contributed by atoms with van der Waals surface area (Å²) >= 11 is 0. The van der Waals surface area contributed by atoms with Crippen molar-refractivity contribution in [1.82, 2.24) is 9.80 Å². The van der Waals surface area contributed by atoms with Crippen molar-refractivity contribution in [2.75, 3.05) is 32.7 Å². The van der Waals surface area contributed by atoms with E-state index in [0.29, 0.717) is 19.6 Å². The van der Waals surface area contributed by atoms with E-state index in [1.54, 1.807) is 13.8 Å². The molecule has 5 nitrogen and oxygen atoms in total. The van der Waals surface area contributed by atoms with E-state index in [1.165, 1.54) is 0 Å². The van der Waals surface area contributed by atoms with Gasteiger partial charge in [0.1, 0.15) is 0 Å². The fourth-order valence-corrected chi connectivity index (χ4v) is 2.24. The number of nitrogens with two attached hydrogens (primary N) is 1. The summed E-state index contributed by atoms with van der Waals surface area (Å²) < 4.78 is 0. The highest BCUT2D eigenvalue weighted by Crippen LogP contribution is 2.20. The number of hydrogen-bond donors (Lipinski definition) is 2. The lowest BCUT2D eigenvalue weighted by Gasteiger charge is -2.39. The van der Waals surface area contributed by atoms with Crippen molar-refractivity contribution < 1.29 is 9.90 Å². The van der Waals surface area contributed by atoms with Crippen LogP contribution in [0.4, 0.5) is 0 Å². The van der Waals surface area contributed by atoms with Gasteiger partial charge in [-0.1, -0.05) is 20.8 Å². The van der Waals surface area contributed by atoms with Crippen LogP contribution >= 0.6 is 0 Å². The minimum atomic E-state index is -0.687. The highest BCUT2D eigenvalue weighted by atomic mass is 16.3. The van der Waals surface area contributed by atoms with Gasteiger partial charge in [-0.3, -0.25) is 9.69 Å². The first-order valence-electron chi connectivity index (χ1n) is 7.00. The molecule has 0 saturated carbocycles. The van der Waals surface area contributed by atoms with Gasteiger partial charge in [-0.25, -0.2) is 0 Å². The number of carbonyl (C=O) groups is 1. The summed E-state index contributed by atoms with van der Waals surface area (Å²) in [7, 11) is 0. The van der Waals surface area contributed by atoms with Gasteiger partial charge in [-0.2, -0.15) is 0 Å². The van der Waals surface area contributed by atoms with E-state index in [2.05, 4.69) is 4.90 Å². The summed E-state index contributed by atoms with van der Waals surface area (Å²) in [6.07, 6.45) is 0. The first kappa shape index (κ1) is 16.4. The molecule has 1 amide bonds. The Labute approximate surface area is 116 Å². The molecule has 1 aliphatic heterocycles. The van der Waals surface area contributed by atoms with Gasteiger partial charge in [-0.15, -0.1) is 0 Å². The molecule has 3 N–H and O–H groups in total. The minimum Gasteiger partial charge on any atom is -0.389 e. The fourth-order valence-electron chi connectivity index (χ4n) is 2.24. The van der Waals surface area contributed by atoms with E-state index in [4.69, 9.17) is 5.73 Å². The molecular weight excluding hydrogens is 242 g/mol. The maximum atomic E-state index is 12.3. The van der Waals surface area contributed by atoms with Crippen molar-refractivity contribution in [2.24, 2.45) is 11.1 Å². The standard InChI is InChI=1S/C14H29N3O2/c1-13(2,3)11(15)12(18)17-8-6-16(7-9-17)10-14(4,5)19/h11,19H,6-10,15H2,1-5H3. The number of rotatable bonds is 3. The Morgan fingerprint density at radius 3 is 2.00 bits per heavy atom. The van der Waals surface area contributed by atoms with Gasteiger partial charge in [0.25, 0.3) is 0 Å². The SMILES string of the molecule is CC(C)(O)CN1CCN(C(=O)C(N)C(C)(C)C)CC1. The van der Waals surface area contributed by atoms with Crippen LogP contribution in [0.25, 0.3) is 0 Å². The molecule has 1 fully saturated rings. The number of amides is 1. The van der Waals surface area contributed by atoms with Crippen molar-refractivity contribution in [3.8, 4) is 0 Å². The number of β-amino-alcohol motifs (C(OH)–C–C–N with tert-alkyl or cyclic N) is 1. The second kappa shape index (κ2) is 5.77. The zero-order chi connectivity index (χ0) is 14.8. The molecule has 0 aromatic rings. The predicted octanol–water partition coefficient (Wildman–Crippen LogP) is 0.275. The number of piperazine rings is 1. The van der Waals surface area contributed by atoms with Gasteiger partial charge in [0.05, 0.1) is 11.6 Å². The third kappa shape index (κ3) is 5.09. The second-order valence-electron chi connectivity index (χ2n) is 7.26. The maximum Gasteiger partial charge on any atom is 0.240 e. The monoisotopic (exact) mass is 271 g/mol. The Morgan fingerprint density at radius 1 is 1.16 bits per heavy atom. The smallest absolute Gasteiger partial charge is 0.240 e. The van der Waals surface area contributed by atoms with Crippen LogP contribution < -0.4 is 5.73 Å². The lowest BCUT2D eigenvalue weighted by Crippen LogP contribution is -2.57. The second-order valence-corrected chi connectivity index (χ2v) is 7.26. The summed E-state index contributed by atoms with van der Waals surface area (Å²) in [5.74, 6) is 0.0374. The van der Waals surface area contributed by atoms with Crippen LogP contribution in [0.15, 0.2) is 0 Å². The highest BCUT2D eigenvalue weighted by Gasteiger charge is 2.33. The minimum absolute atomic E-state index is 0.0374. The van der Waals surface area contributed by atoms with Crippen LogP contribution in [0, 0.1) is 5.41 Å². The van der Waals surface area contributed by atoms with Gasteiger partial charge in [0.15, 0.2) is 0 Å². The molecule has 0 aromatic heterocycles. The largest absolute Gasteiger partial charge is 0.389 e. The van der Waals surface area contributed by atoms with E-state index < -0.39 is 11.6 Å². The van der Waals surface area contributed by atoms with E-state index in [0.717, 1.165) is 13.1 Å². The maximum absolute atomic E-state index is 12.3. The summed E-state index contributed by atoms with van der Waals surface area (Å²) in [5, 5.41) is 9.80. The quantitative estimate of drug-likeness (QED) is 0.773. The predicted molar refractivity (Wildman–Crippen MR) is 76.7 cm³/mol. The van der Waals surface area contributed by atoms with Crippen molar-refractivity contribution in [3.05, 3.63) is 0 Å². The first-order chi connectivity index (χ1) is 8.50. The Balaban J connectivity index is 2.48. The first-order valence-corrected chi connectivity index (χ1v) is 7.00. The van der Waals surface area contributed by atoms with Gasteiger partial charge in [-0.05, 0) is 19.3 Å². The molecule has 1 saturated heterocycles. The molecule has 0 bridgehead atoms. The molecular formula is C14H29N3O2.